The van der Waals surface area contributed by atoms with Crippen molar-refractivity contribution >= 4 is 0 Å². The average molecular weight is 175 g/mol. The van der Waals surface area contributed by atoms with Crippen LogP contribution in [0.3, 0.4) is 0 Å². The van der Waals surface area contributed by atoms with E-state index < -0.39 is 0 Å². The van der Waals surface area contributed by atoms with Gasteiger partial charge in [0.05, 0.1) is 6.61 Å². The van der Waals surface area contributed by atoms with Crippen molar-refractivity contribution in [3.63, 3.8) is 0 Å². The van der Waals surface area contributed by atoms with Crippen LogP contribution in [0.25, 0.3) is 0 Å². The van der Waals surface area contributed by atoms with E-state index in [0.717, 1.165) is 26.2 Å². The van der Waals surface area contributed by atoms with E-state index in [9.17, 15) is 0 Å². The zero-order chi connectivity index (χ0) is 9.40. The van der Waals surface area contributed by atoms with E-state index >= 15 is 0 Å². The molecule has 0 aromatic rings. The van der Waals surface area contributed by atoms with Gasteiger partial charge >= 0.3 is 0 Å². The number of hydrogen-bond donors (Lipinski definition) is 1. The molecule has 0 aliphatic rings. The summed E-state index contributed by atoms with van der Waals surface area (Å²) in [7, 11) is 1.71. The average Bonchev–Trinajstić information content (AvgIpc) is 2.11. The fraction of sp³-hybridized carbons (Fsp3) is 1.00. The molecule has 1 atom stereocenters. The van der Waals surface area contributed by atoms with Gasteiger partial charge in [-0.3, -0.25) is 0 Å². The van der Waals surface area contributed by atoms with Crippen LogP contribution in [0.4, 0.5) is 0 Å². The molecule has 0 bridgehead atoms. The van der Waals surface area contributed by atoms with Crippen molar-refractivity contribution in [2.45, 2.75) is 13.8 Å². The second-order valence-electron chi connectivity index (χ2n) is 3.17. The molecule has 0 radical (unpaired) electrons. The Morgan fingerprint density at radius 3 is 2.58 bits per heavy atom. The first-order valence-electron chi connectivity index (χ1n) is 4.56. The minimum Gasteiger partial charge on any atom is -0.396 e. The lowest BCUT2D eigenvalue weighted by atomic mass is 10.2. The molecule has 0 aliphatic carbocycles. The van der Waals surface area contributed by atoms with Crippen LogP contribution in [0.2, 0.25) is 0 Å². The standard InChI is InChI=1S/C9H21NO2/c1-4-10(5-6-12-3)7-9(2)8-11/h9,11H,4-8H2,1-3H3. The monoisotopic (exact) mass is 175 g/mol. The molecule has 0 aliphatic heterocycles. The molecule has 0 fully saturated rings. The second-order valence-corrected chi connectivity index (χ2v) is 3.17. The van der Waals surface area contributed by atoms with E-state index in [1.54, 1.807) is 7.11 Å². The Hall–Kier alpha value is -0.120. The summed E-state index contributed by atoms with van der Waals surface area (Å²) in [6.07, 6.45) is 0. The first-order chi connectivity index (χ1) is 5.74. The molecule has 0 heterocycles. The predicted molar refractivity (Wildman–Crippen MR) is 50.2 cm³/mol. The maximum absolute atomic E-state index is 8.85. The summed E-state index contributed by atoms with van der Waals surface area (Å²) >= 11 is 0. The zero-order valence-corrected chi connectivity index (χ0v) is 8.42. The lowest BCUT2D eigenvalue weighted by Crippen LogP contribution is -2.32. The quantitative estimate of drug-likeness (QED) is 0.614. The largest absolute Gasteiger partial charge is 0.396 e. The van der Waals surface area contributed by atoms with Gasteiger partial charge in [-0.1, -0.05) is 13.8 Å². The van der Waals surface area contributed by atoms with Gasteiger partial charge in [-0.15, -0.1) is 0 Å². The van der Waals surface area contributed by atoms with Crippen LogP contribution >= 0.6 is 0 Å². The van der Waals surface area contributed by atoms with Crippen molar-refractivity contribution in [2.75, 3.05) is 40.0 Å². The van der Waals surface area contributed by atoms with Gasteiger partial charge in [0.25, 0.3) is 0 Å². The summed E-state index contributed by atoms with van der Waals surface area (Å²) in [5.74, 6) is 0.363. The number of methoxy groups -OCH3 is 1. The summed E-state index contributed by atoms with van der Waals surface area (Å²) in [4.78, 5) is 2.28. The molecule has 3 nitrogen and oxygen atoms in total. The van der Waals surface area contributed by atoms with Crippen LogP contribution in [0.15, 0.2) is 0 Å². The van der Waals surface area contributed by atoms with E-state index in [-0.39, 0.29) is 6.61 Å². The number of likely N-dealkylation sites (N-methyl/N-ethyl adjacent to an activating group) is 1. The molecule has 0 spiro atoms. The fourth-order valence-corrected chi connectivity index (χ4v) is 1.10. The smallest absolute Gasteiger partial charge is 0.0589 e. The first kappa shape index (κ1) is 11.9. The van der Waals surface area contributed by atoms with Gasteiger partial charge < -0.3 is 14.7 Å². The van der Waals surface area contributed by atoms with Gasteiger partial charge in [0, 0.05) is 26.8 Å². The molecule has 12 heavy (non-hydrogen) atoms. The molecular weight excluding hydrogens is 154 g/mol. The molecule has 1 unspecified atom stereocenters. The van der Waals surface area contributed by atoms with Crippen molar-refractivity contribution in [1.29, 1.82) is 0 Å². The van der Waals surface area contributed by atoms with E-state index in [0.29, 0.717) is 5.92 Å². The number of aliphatic hydroxyl groups excluding tert-OH is 1. The van der Waals surface area contributed by atoms with Gasteiger partial charge in [0.2, 0.25) is 0 Å². The van der Waals surface area contributed by atoms with E-state index in [2.05, 4.69) is 18.7 Å². The molecule has 0 saturated carbocycles. The molecule has 0 aromatic carbocycles. The number of hydrogen-bond acceptors (Lipinski definition) is 3. The van der Waals surface area contributed by atoms with Crippen molar-refractivity contribution < 1.29 is 9.84 Å². The SMILES string of the molecule is CCN(CCOC)CC(C)CO. The molecule has 0 amide bonds. The topological polar surface area (TPSA) is 32.7 Å². The minimum absolute atomic E-state index is 0.267. The summed E-state index contributed by atoms with van der Waals surface area (Å²) in [5.41, 5.74) is 0. The number of rotatable bonds is 7. The molecule has 0 rings (SSSR count). The molecular formula is C9H21NO2. The van der Waals surface area contributed by atoms with Gasteiger partial charge in [0.15, 0.2) is 0 Å². The normalized spacial score (nSPS) is 13.8. The Balaban J connectivity index is 3.51. The van der Waals surface area contributed by atoms with E-state index in [1.807, 2.05) is 0 Å². The Labute approximate surface area is 75.3 Å². The van der Waals surface area contributed by atoms with Crippen molar-refractivity contribution in [1.82, 2.24) is 4.90 Å². The van der Waals surface area contributed by atoms with Crippen LogP contribution < -0.4 is 0 Å². The van der Waals surface area contributed by atoms with Crippen LogP contribution in [0.1, 0.15) is 13.8 Å². The Morgan fingerprint density at radius 2 is 2.17 bits per heavy atom. The molecule has 3 heteroatoms. The Morgan fingerprint density at radius 1 is 1.50 bits per heavy atom. The summed E-state index contributed by atoms with van der Waals surface area (Å²) in [6.45, 7) is 8.14. The minimum atomic E-state index is 0.267. The highest BCUT2D eigenvalue weighted by molar-refractivity contribution is 4.59. The van der Waals surface area contributed by atoms with Crippen molar-refractivity contribution in [3.8, 4) is 0 Å². The highest BCUT2D eigenvalue weighted by Gasteiger charge is 2.06. The van der Waals surface area contributed by atoms with E-state index in [1.165, 1.54) is 0 Å². The number of ether oxygens (including phenoxy) is 1. The van der Waals surface area contributed by atoms with Crippen molar-refractivity contribution in [3.05, 3.63) is 0 Å². The van der Waals surface area contributed by atoms with Gasteiger partial charge in [0.1, 0.15) is 0 Å². The van der Waals surface area contributed by atoms with Crippen LogP contribution in [-0.2, 0) is 4.74 Å². The summed E-state index contributed by atoms with van der Waals surface area (Å²) in [5, 5.41) is 8.85. The van der Waals surface area contributed by atoms with Gasteiger partial charge in [-0.25, -0.2) is 0 Å². The summed E-state index contributed by atoms with van der Waals surface area (Å²) in [6, 6.07) is 0. The van der Waals surface area contributed by atoms with Gasteiger partial charge in [-0.05, 0) is 12.5 Å². The first-order valence-corrected chi connectivity index (χ1v) is 4.56. The lowest BCUT2D eigenvalue weighted by molar-refractivity contribution is 0.127. The fourth-order valence-electron chi connectivity index (χ4n) is 1.10. The van der Waals surface area contributed by atoms with Crippen LogP contribution in [0, 0.1) is 5.92 Å². The molecule has 1 N–H and O–H groups in total. The number of nitrogens with zero attached hydrogens (tertiary/aromatic N) is 1. The number of aliphatic hydroxyl groups is 1. The lowest BCUT2D eigenvalue weighted by Gasteiger charge is -2.22. The van der Waals surface area contributed by atoms with Gasteiger partial charge in [-0.2, -0.15) is 0 Å². The highest BCUT2D eigenvalue weighted by atomic mass is 16.5. The Kier molecular flexibility index (Phi) is 7.45. The Bertz CT molecular complexity index is 98.5. The third kappa shape index (κ3) is 5.52. The predicted octanol–water partition coefficient (Wildman–Crippen LogP) is 0.583. The van der Waals surface area contributed by atoms with Crippen molar-refractivity contribution in [2.24, 2.45) is 5.92 Å². The molecule has 0 aromatic heterocycles. The van der Waals surface area contributed by atoms with Crippen LogP contribution in [-0.4, -0.2) is 50.0 Å². The molecule has 0 saturated heterocycles. The summed E-state index contributed by atoms with van der Waals surface area (Å²) < 4.78 is 4.99. The zero-order valence-electron chi connectivity index (χ0n) is 8.42. The maximum Gasteiger partial charge on any atom is 0.0589 e. The third-order valence-corrected chi connectivity index (χ3v) is 1.94. The van der Waals surface area contributed by atoms with Crippen LogP contribution in [0.5, 0.6) is 0 Å². The second kappa shape index (κ2) is 7.53. The third-order valence-electron chi connectivity index (χ3n) is 1.94. The highest BCUT2D eigenvalue weighted by Crippen LogP contribution is 1.98. The molecule has 74 valence electrons. The van der Waals surface area contributed by atoms with E-state index in [4.69, 9.17) is 9.84 Å². The maximum atomic E-state index is 8.85.